The van der Waals surface area contributed by atoms with Crippen LogP contribution in [-0.4, -0.2) is 23.1 Å². The van der Waals surface area contributed by atoms with Crippen LogP contribution in [0.5, 0.6) is 0 Å². The van der Waals surface area contributed by atoms with E-state index in [0.29, 0.717) is 6.04 Å². The van der Waals surface area contributed by atoms with Gasteiger partial charge in [-0.3, -0.25) is 4.90 Å². The lowest BCUT2D eigenvalue weighted by Crippen LogP contribution is -2.23. The highest BCUT2D eigenvalue weighted by atomic mass is 16.3. The molecule has 1 aliphatic heterocycles. The third-order valence-electron chi connectivity index (χ3n) is 4.50. The van der Waals surface area contributed by atoms with Gasteiger partial charge in [0, 0.05) is 6.04 Å². The number of aliphatic hydroxyl groups is 1. The molecule has 110 valence electrons. The second-order valence-corrected chi connectivity index (χ2v) is 5.90. The van der Waals surface area contributed by atoms with Crippen molar-refractivity contribution in [3.63, 3.8) is 0 Å². The van der Waals surface area contributed by atoms with E-state index in [1.165, 1.54) is 42.6 Å². The Bertz CT molecular complexity index is 602. The lowest BCUT2D eigenvalue weighted by Gasteiger charge is -2.24. The highest BCUT2D eigenvalue weighted by Gasteiger charge is 2.19. The Kier molecular flexibility index (Phi) is 4.37. The Labute approximate surface area is 127 Å². The van der Waals surface area contributed by atoms with Gasteiger partial charge in [0.25, 0.3) is 0 Å². The van der Waals surface area contributed by atoms with Gasteiger partial charge in [-0.25, -0.2) is 0 Å². The fourth-order valence-electron chi connectivity index (χ4n) is 3.17. The van der Waals surface area contributed by atoms with E-state index in [0.717, 1.165) is 5.56 Å². The van der Waals surface area contributed by atoms with Crippen LogP contribution in [0, 0.1) is 0 Å². The summed E-state index contributed by atoms with van der Waals surface area (Å²) in [5, 5.41) is 9.29. The molecule has 2 heteroatoms. The average molecular weight is 281 g/mol. The van der Waals surface area contributed by atoms with Crippen LogP contribution in [0.1, 0.15) is 36.9 Å². The van der Waals surface area contributed by atoms with Gasteiger partial charge in [-0.15, -0.1) is 0 Å². The fourth-order valence-corrected chi connectivity index (χ4v) is 3.17. The number of benzene rings is 2. The van der Waals surface area contributed by atoms with Gasteiger partial charge in [0.2, 0.25) is 0 Å². The first-order valence-electron chi connectivity index (χ1n) is 7.82. The molecule has 0 bridgehead atoms. The summed E-state index contributed by atoms with van der Waals surface area (Å²) >= 11 is 0. The zero-order valence-corrected chi connectivity index (χ0v) is 12.6. The van der Waals surface area contributed by atoms with Gasteiger partial charge < -0.3 is 5.11 Å². The zero-order chi connectivity index (χ0) is 14.7. The molecule has 0 aliphatic carbocycles. The summed E-state index contributed by atoms with van der Waals surface area (Å²) in [6.07, 6.45) is 2.64. The number of nitrogens with zero attached hydrogens (tertiary/aromatic N) is 1. The van der Waals surface area contributed by atoms with E-state index in [4.69, 9.17) is 0 Å². The minimum absolute atomic E-state index is 0.0950. The van der Waals surface area contributed by atoms with Crippen molar-refractivity contribution in [3.05, 3.63) is 59.7 Å². The summed E-state index contributed by atoms with van der Waals surface area (Å²) in [5.74, 6) is 0. The highest BCUT2D eigenvalue weighted by molar-refractivity contribution is 5.65. The Morgan fingerprint density at radius 1 is 1.00 bits per heavy atom. The van der Waals surface area contributed by atoms with Gasteiger partial charge in [-0.05, 0) is 67.2 Å². The summed E-state index contributed by atoms with van der Waals surface area (Å²) in [4.78, 5) is 2.56. The number of hydrogen-bond acceptors (Lipinski definition) is 2. The van der Waals surface area contributed by atoms with E-state index < -0.39 is 0 Å². The molecule has 21 heavy (non-hydrogen) atoms. The van der Waals surface area contributed by atoms with Crippen molar-refractivity contribution in [2.24, 2.45) is 0 Å². The molecule has 2 aromatic carbocycles. The molecule has 1 heterocycles. The molecule has 0 radical (unpaired) electrons. The second kappa shape index (κ2) is 6.42. The van der Waals surface area contributed by atoms with Gasteiger partial charge in [0.05, 0.1) is 6.61 Å². The molecule has 0 unspecified atom stereocenters. The molecule has 0 spiro atoms. The summed E-state index contributed by atoms with van der Waals surface area (Å²) in [7, 11) is 0. The van der Waals surface area contributed by atoms with Crippen molar-refractivity contribution in [1.29, 1.82) is 0 Å². The van der Waals surface area contributed by atoms with Crippen molar-refractivity contribution < 1.29 is 5.11 Å². The predicted octanol–water partition coefficient (Wildman–Crippen LogP) is 4.00. The predicted molar refractivity (Wildman–Crippen MR) is 87.0 cm³/mol. The topological polar surface area (TPSA) is 23.5 Å². The quantitative estimate of drug-likeness (QED) is 0.915. The average Bonchev–Trinajstić information content (AvgIpc) is 3.09. The van der Waals surface area contributed by atoms with Gasteiger partial charge in [-0.1, -0.05) is 36.4 Å². The smallest absolute Gasteiger partial charge is 0.0682 e. The first kappa shape index (κ1) is 14.3. The summed E-state index contributed by atoms with van der Waals surface area (Å²) < 4.78 is 0. The maximum atomic E-state index is 9.29. The molecule has 2 aromatic rings. The number of likely N-dealkylation sites (tertiary alicyclic amines) is 1. The van der Waals surface area contributed by atoms with Crippen LogP contribution >= 0.6 is 0 Å². The van der Waals surface area contributed by atoms with Crippen molar-refractivity contribution >= 4 is 0 Å². The molecule has 1 N–H and O–H groups in total. The minimum atomic E-state index is 0.0950. The van der Waals surface area contributed by atoms with E-state index in [1.54, 1.807) is 0 Å². The molecular weight excluding hydrogens is 258 g/mol. The highest BCUT2D eigenvalue weighted by Crippen LogP contribution is 2.28. The molecule has 1 atom stereocenters. The first-order valence-corrected chi connectivity index (χ1v) is 7.82. The number of rotatable bonds is 4. The standard InChI is InChI=1S/C19H23NO/c1-15(20-10-2-3-11-20)17-7-5-9-19(13-17)18-8-4-6-16(12-18)14-21/h4-9,12-13,15,21H,2-3,10-11,14H2,1H3/t15-/m1/s1. The summed E-state index contributed by atoms with van der Waals surface area (Å²) in [6.45, 7) is 4.82. The van der Waals surface area contributed by atoms with Crippen LogP contribution in [0.3, 0.4) is 0 Å². The molecule has 0 saturated carbocycles. The minimum Gasteiger partial charge on any atom is -0.392 e. The molecule has 0 aromatic heterocycles. The largest absolute Gasteiger partial charge is 0.392 e. The maximum absolute atomic E-state index is 9.29. The molecule has 0 amide bonds. The van der Waals surface area contributed by atoms with Crippen LogP contribution in [0.25, 0.3) is 11.1 Å². The SMILES string of the molecule is C[C@H](c1cccc(-c2cccc(CO)c2)c1)N1CCCC1. The van der Waals surface area contributed by atoms with Crippen LogP contribution in [0.15, 0.2) is 48.5 Å². The van der Waals surface area contributed by atoms with Gasteiger partial charge in [0.1, 0.15) is 0 Å². The number of hydrogen-bond donors (Lipinski definition) is 1. The second-order valence-electron chi connectivity index (χ2n) is 5.90. The monoisotopic (exact) mass is 281 g/mol. The summed E-state index contributed by atoms with van der Waals surface area (Å²) in [5.41, 5.74) is 4.75. The Morgan fingerprint density at radius 2 is 1.67 bits per heavy atom. The van der Waals surface area contributed by atoms with E-state index in [2.05, 4.69) is 48.2 Å². The third-order valence-corrected chi connectivity index (χ3v) is 4.50. The van der Waals surface area contributed by atoms with Crippen molar-refractivity contribution in [1.82, 2.24) is 4.90 Å². The summed E-state index contributed by atoms with van der Waals surface area (Å²) in [6, 6.07) is 17.4. The van der Waals surface area contributed by atoms with Gasteiger partial charge >= 0.3 is 0 Å². The Hall–Kier alpha value is -1.64. The van der Waals surface area contributed by atoms with Crippen LogP contribution < -0.4 is 0 Å². The van der Waals surface area contributed by atoms with E-state index in [9.17, 15) is 5.11 Å². The van der Waals surface area contributed by atoms with Gasteiger partial charge in [-0.2, -0.15) is 0 Å². The first-order chi connectivity index (χ1) is 10.3. The van der Waals surface area contributed by atoms with E-state index >= 15 is 0 Å². The van der Waals surface area contributed by atoms with Crippen LogP contribution in [0.2, 0.25) is 0 Å². The van der Waals surface area contributed by atoms with Gasteiger partial charge in [0.15, 0.2) is 0 Å². The fraction of sp³-hybridized carbons (Fsp3) is 0.368. The van der Waals surface area contributed by atoms with E-state index in [-0.39, 0.29) is 6.61 Å². The third kappa shape index (κ3) is 3.17. The number of aliphatic hydroxyl groups excluding tert-OH is 1. The molecule has 1 fully saturated rings. The normalized spacial score (nSPS) is 17.0. The van der Waals surface area contributed by atoms with Crippen molar-refractivity contribution in [3.8, 4) is 11.1 Å². The lowest BCUT2D eigenvalue weighted by atomic mass is 9.98. The molecular formula is C19H23NO. The molecule has 1 aliphatic rings. The zero-order valence-electron chi connectivity index (χ0n) is 12.6. The molecule has 2 nitrogen and oxygen atoms in total. The Balaban J connectivity index is 1.88. The van der Waals surface area contributed by atoms with Crippen LogP contribution in [0.4, 0.5) is 0 Å². The van der Waals surface area contributed by atoms with Crippen LogP contribution in [-0.2, 0) is 6.61 Å². The van der Waals surface area contributed by atoms with Crippen molar-refractivity contribution in [2.45, 2.75) is 32.4 Å². The maximum Gasteiger partial charge on any atom is 0.0682 e. The Morgan fingerprint density at radius 3 is 2.38 bits per heavy atom. The van der Waals surface area contributed by atoms with Crippen molar-refractivity contribution in [2.75, 3.05) is 13.1 Å². The molecule has 3 rings (SSSR count). The van der Waals surface area contributed by atoms with E-state index in [1.807, 2.05) is 12.1 Å². The molecule has 1 saturated heterocycles. The lowest BCUT2D eigenvalue weighted by molar-refractivity contribution is 0.263.